The Hall–Kier alpha value is -0.210. The van der Waals surface area contributed by atoms with Gasteiger partial charge in [0.25, 0.3) is 0 Å². The molecular weight excluding hydrogens is 266 g/mol. The van der Waals surface area contributed by atoms with E-state index in [-0.39, 0.29) is 11.9 Å². The zero-order valence-electron chi connectivity index (χ0n) is 11.4. The molecule has 0 amide bonds. The van der Waals surface area contributed by atoms with Gasteiger partial charge in [-0.1, -0.05) is 0 Å². The zero-order chi connectivity index (χ0) is 13.6. The molecule has 0 aromatic carbocycles. The van der Waals surface area contributed by atoms with E-state index in [9.17, 15) is 8.42 Å². The van der Waals surface area contributed by atoms with Crippen LogP contribution >= 0.6 is 0 Å². The van der Waals surface area contributed by atoms with Crippen molar-refractivity contribution in [2.45, 2.75) is 25.4 Å². The molecule has 2 heterocycles. The second kappa shape index (κ2) is 7.54. The van der Waals surface area contributed by atoms with Crippen molar-refractivity contribution in [3.63, 3.8) is 0 Å². The summed E-state index contributed by atoms with van der Waals surface area (Å²) in [6.45, 7) is 5.55. The summed E-state index contributed by atoms with van der Waals surface area (Å²) in [6.07, 6.45) is 3.24. The molecule has 112 valence electrons. The SMILES string of the molecule is O=S(=O)(CCN1CCNCC1)NCC1CCCCO1. The highest BCUT2D eigenvalue weighted by atomic mass is 32.2. The molecule has 19 heavy (non-hydrogen) atoms. The van der Waals surface area contributed by atoms with E-state index < -0.39 is 10.0 Å². The molecule has 7 heteroatoms. The molecule has 0 saturated carbocycles. The van der Waals surface area contributed by atoms with E-state index in [1.165, 1.54) is 0 Å². The molecule has 1 unspecified atom stereocenters. The maximum Gasteiger partial charge on any atom is 0.212 e. The maximum absolute atomic E-state index is 11.9. The van der Waals surface area contributed by atoms with Gasteiger partial charge < -0.3 is 10.1 Å². The van der Waals surface area contributed by atoms with Crippen LogP contribution in [0, 0.1) is 0 Å². The fraction of sp³-hybridized carbons (Fsp3) is 1.00. The average Bonchev–Trinajstić information content (AvgIpc) is 2.46. The summed E-state index contributed by atoms with van der Waals surface area (Å²) >= 11 is 0. The van der Waals surface area contributed by atoms with Crippen LogP contribution in [0.1, 0.15) is 19.3 Å². The van der Waals surface area contributed by atoms with E-state index in [1.807, 2.05) is 0 Å². The topological polar surface area (TPSA) is 70.7 Å². The van der Waals surface area contributed by atoms with Gasteiger partial charge >= 0.3 is 0 Å². The fourth-order valence-corrected chi connectivity index (χ4v) is 3.53. The van der Waals surface area contributed by atoms with Gasteiger partial charge in [0.05, 0.1) is 11.9 Å². The molecule has 6 nitrogen and oxygen atoms in total. The summed E-state index contributed by atoms with van der Waals surface area (Å²) in [7, 11) is -3.17. The Balaban J connectivity index is 1.65. The Kier molecular flexibility index (Phi) is 6.03. The molecule has 2 aliphatic heterocycles. The van der Waals surface area contributed by atoms with Gasteiger partial charge in [-0.05, 0) is 19.3 Å². The van der Waals surface area contributed by atoms with Gasteiger partial charge in [0, 0.05) is 45.9 Å². The lowest BCUT2D eigenvalue weighted by Gasteiger charge is -2.27. The lowest BCUT2D eigenvalue weighted by atomic mass is 10.1. The van der Waals surface area contributed by atoms with E-state index in [1.54, 1.807) is 0 Å². The Morgan fingerprint density at radius 1 is 1.26 bits per heavy atom. The minimum atomic E-state index is -3.17. The molecular formula is C12H25N3O3S. The highest BCUT2D eigenvalue weighted by Crippen LogP contribution is 2.11. The smallest absolute Gasteiger partial charge is 0.212 e. The summed E-state index contributed by atoms with van der Waals surface area (Å²) in [5.74, 6) is 0.180. The van der Waals surface area contributed by atoms with Crippen LogP contribution in [0.3, 0.4) is 0 Å². The van der Waals surface area contributed by atoms with Crippen molar-refractivity contribution >= 4 is 10.0 Å². The Bertz CT molecular complexity index is 321. The number of sulfonamides is 1. The van der Waals surface area contributed by atoms with E-state index in [0.29, 0.717) is 13.1 Å². The van der Waals surface area contributed by atoms with Crippen molar-refractivity contribution in [3.05, 3.63) is 0 Å². The van der Waals surface area contributed by atoms with Crippen LogP contribution in [-0.4, -0.2) is 71.0 Å². The third kappa shape index (κ3) is 5.74. The Morgan fingerprint density at radius 3 is 2.74 bits per heavy atom. The first-order chi connectivity index (χ1) is 9.16. The van der Waals surface area contributed by atoms with Crippen LogP contribution in [0.2, 0.25) is 0 Å². The molecule has 2 rings (SSSR count). The number of hydrogen-bond donors (Lipinski definition) is 2. The van der Waals surface area contributed by atoms with Crippen LogP contribution < -0.4 is 10.0 Å². The van der Waals surface area contributed by atoms with Crippen molar-refractivity contribution < 1.29 is 13.2 Å². The van der Waals surface area contributed by atoms with E-state index in [4.69, 9.17) is 4.74 Å². The number of piperazine rings is 1. The van der Waals surface area contributed by atoms with Crippen LogP contribution in [0.4, 0.5) is 0 Å². The van der Waals surface area contributed by atoms with Crippen LogP contribution in [0.25, 0.3) is 0 Å². The summed E-state index contributed by atoms with van der Waals surface area (Å²) in [6, 6.07) is 0. The van der Waals surface area contributed by atoms with Gasteiger partial charge in [-0.15, -0.1) is 0 Å². The Morgan fingerprint density at radius 2 is 2.05 bits per heavy atom. The first-order valence-electron chi connectivity index (χ1n) is 7.18. The first kappa shape index (κ1) is 15.2. The quantitative estimate of drug-likeness (QED) is 0.682. The third-order valence-electron chi connectivity index (χ3n) is 3.69. The van der Waals surface area contributed by atoms with Crippen LogP contribution in [0.15, 0.2) is 0 Å². The number of nitrogens with one attached hydrogen (secondary N) is 2. The monoisotopic (exact) mass is 291 g/mol. The van der Waals surface area contributed by atoms with Crippen LogP contribution in [0.5, 0.6) is 0 Å². The molecule has 0 aromatic heterocycles. The van der Waals surface area contributed by atoms with Gasteiger partial charge in [0.2, 0.25) is 10.0 Å². The predicted octanol–water partition coefficient (Wildman–Crippen LogP) is -0.620. The lowest BCUT2D eigenvalue weighted by molar-refractivity contribution is 0.0200. The largest absolute Gasteiger partial charge is 0.377 e. The normalized spacial score (nSPS) is 26.4. The number of hydrogen-bond acceptors (Lipinski definition) is 5. The summed E-state index contributed by atoms with van der Waals surface area (Å²) in [5, 5.41) is 3.26. The molecule has 0 aromatic rings. The second-order valence-corrected chi connectivity index (χ2v) is 7.17. The number of nitrogens with zero attached hydrogens (tertiary/aromatic N) is 1. The summed E-state index contributed by atoms with van der Waals surface area (Å²) in [4.78, 5) is 2.19. The van der Waals surface area contributed by atoms with Gasteiger partial charge in [0.1, 0.15) is 0 Å². The van der Waals surface area contributed by atoms with E-state index in [0.717, 1.165) is 52.0 Å². The van der Waals surface area contributed by atoms with Crippen molar-refractivity contribution in [2.75, 3.05) is 51.6 Å². The van der Waals surface area contributed by atoms with Crippen molar-refractivity contribution in [1.29, 1.82) is 0 Å². The third-order valence-corrected chi connectivity index (χ3v) is 5.02. The van der Waals surface area contributed by atoms with Crippen molar-refractivity contribution in [1.82, 2.24) is 14.9 Å². The minimum absolute atomic E-state index is 0.0581. The molecule has 2 N–H and O–H groups in total. The first-order valence-corrected chi connectivity index (χ1v) is 8.83. The number of ether oxygens (including phenoxy) is 1. The summed E-state index contributed by atoms with van der Waals surface area (Å²) < 4.78 is 32.0. The molecule has 2 aliphatic rings. The van der Waals surface area contributed by atoms with Gasteiger partial charge in [-0.2, -0.15) is 0 Å². The molecule has 1 atom stereocenters. The average molecular weight is 291 g/mol. The lowest BCUT2D eigenvalue weighted by Crippen LogP contribution is -2.46. The number of rotatable bonds is 6. The minimum Gasteiger partial charge on any atom is -0.377 e. The van der Waals surface area contributed by atoms with Crippen LogP contribution in [-0.2, 0) is 14.8 Å². The summed E-state index contributed by atoms with van der Waals surface area (Å²) in [5.41, 5.74) is 0. The van der Waals surface area contributed by atoms with E-state index in [2.05, 4.69) is 14.9 Å². The molecule has 0 bridgehead atoms. The van der Waals surface area contributed by atoms with Crippen molar-refractivity contribution in [2.24, 2.45) is 0 Å². The van der Waals surface area contributed by atoms with Gasteiger partial charge in [-0.3, -0.25) is 4.90 Å². The fourth-order valence-electron chi connectivity index (χ4n) is 2.44. The molecule has 0 aliphatic carbocycles. The van der Waals surface area contributed by atoms with Gasteiger partial charge in [-0.25, -0.2) is 13.1 Å². The molecule has 2 fully saturated rings. The predicted molar refractivity (Wildman–Crippen MR) is 74.7 cm³/mol. The van der Waals surface area contributed by atoms with E-state index >= 15 is 0 Å². The standard InChI is InChI=1S/C12H25N3O3S/c16-19(17,10-8-15-6-4-13-5-7-15)14-11-12-3-1-2-9-18-12/h12-14H,1-11H2. The van der Waals surface area contributed by atoms with Gasteiger partial charge in [0.15, 0.2) is 0 Å². The highest BCUT2D eigenvalue weighted by Gasteiger charge is 2.19. The molecule has 2 saturated heterocycles. The Labute approximate surface area is 115 Å². The molecule has 0 radical (unpaired) electrons. The zero-order valence-corrected chi connectivity index (χ0v) is 12.3. The maximum atomic E-state index is 11.9. The van der Waals surface area contributed by atoms with Crippen molar-refractivity contribution in [3.8, 4) is 0 Å². The molecule has 0 spiro atoms. The second-order valence-electron chi connectivity index (χ2n) is 5.25. The highest BCUT2D eigenvalue weighted by molar-refractivity contribution is 7.89.